The third-order valence-corrected chi connectivity index (χ3v) is 11.5. The molecule has 2 N–H and O–H groups in total. The van der Waals surface area contributed by atoms with Gasteiger partial charge < -0.3 is 38.1 Å². The van der Waals surface area contributed by atoms with E-state index < -0.39 is 44.7 Å². The van der Waals surface area contributed by atoms with Gasteiger partial charge in [-0.25, -0.2) is 0 Å². The molecule has 0 radical (unpaired) electrons. The number of phosphoric acid groups is 1. The highest BCUT2D eigenvalue weighted by Crippen LogP contribution is 2.38. The summed E-state index contributed by atoms with van der Waals surface area (Å²) < 4.78 is 33.8. The summed E-state index contributed by atoms with van der Waals surface area (Å²) in [6.07, 6.45) is 42.1. The number of hydrogen-bond donors (Lipinski definition) is 2. The fraction of sp³-hybridized carbons (Fsp3) is 0.800. The third-order valence-electron chi connectivity index (χ3n) is 10.6. The van der Waals surface area contributed by atoms with Crippen molar-refractivity contribution in [3.8, 4) is 0 Å². The van der Waals surface area contributed by atoms with Gasteiger partial charge in [0.05, 0.1) is 40.0 Å². The van der Waals surface area contributed by atoms with Crippen LogP contribution in [0.3, 0.4) is 0 Å². The first-order valence-corrected chi connectivity index (χ1v) is 26.0. The number of carbonyl (C=O) groups is 2. The van der Waals surface area contributed by atoms with E-state index in [1.807, 2.05) is 51.5 Å². The number of quaternary nitrogens is 1. The molecule has 0 aliphatic carbocycles. The highest BCUT2D eigenvalue weighted by atomic mass is 31.2. The zero-order valence-corrected chi connectivity index (χ0v) is 40.9. The standard InChI is InChI=1S/C50H92NO10P/c1-6-8-10-11-12-13-14-15-16-17-18-19-20-21-22-23-27-30-34-40-49(54)58-44-48(45-60-62(56,57)59-43-42-51(3,4)5)61-50(55)41-35-39-47(53)38-33-29-26-24-25-28-32-37-46(52)36-31-9-7-2/h25-26,28-29,32-33,37-38,46-48,52-53H,6-24,27,30-31,34-36,39-45H2,1-5H3/b28-25-,29-26-,37-32+,38-33+/t46-,47-,48-/m1/s1. The minimum Gasteiger partial charge on any atom is -0.756 e. The molecule has 0 aromatic carbocycles. The fourth-order valence-corrected chi connectivity index (χ4v) is 7.36. The molecule has 0 fully saturated rings. The van der Waals surface area contributed by atoms with Crippen molar-refractivity contribution < 1.29 is 52.3 Å². The Balaban J connectivity index is 4.48. The summed E-state index contributed by atoms with van der Waals surface area (Å²) >= 11 is 0. The number of allylic oxidation sites excluding steroid dienone is 6. The summed E-state index contributed by atoms with van der Waals surface area (Å²) in [7, 11) is 1.02. The minimum absolute atomic E-state index is 0.0226. The van der Waals surface area contributed by atoms with E-state index in [-0.39, 0.29) is 26.1 Å². The van der Waals surface area contributed by atoms with Gasteiger partial charge in [0.25, 0.3) is 7.82 Å². The van der Waals surface area contributed by atoms with Gasteiger partial charge in [0.1, 0.15) is 19.8 Å². The van der Waals surface area contributed by atoms with E-state index in [1.165, 1.54) is 96.3 Å². The molecule has 0 bridgehead atoms. The van der Waals surface area contributed by atoms with Crippen molar-refractivity contribution in [2.24, 2.45) is 0 Å². The Morgan fingerprint density at radius 2 is 1.02 bits per heavy atom. The van der Waals surface area contributed by atoms with Crippen LogP contribution in [-0.2, 0) is 32.7 Å². The van der Waals surface area contributed by atoms with Crippen molar-refractivity contribution in [2.45, 2.75) is 212 Å². The lowest BCUT2D eigenvalue weighted by Gasteiger charge is -2.28. The third kappa shape index (κ3) is 44.5. The van der Waals surface area contributed by atoms with E-state index in [0.717, 1.165) is 44.9 Å². The number of ether oxygens (including phenoxy) is 2. The predicted octanol–water partition coefficient (Wildman–Crippen LogP) is 11.6. The molecule has 0 spiro atoms. The monoisotopic (exact) mass is 898 g/mol. The first kappa shape index (κ1) is 59.9. The number of carbonyl (C=O) groups excluding carboxylic acids is 2. The summed E-state index contributed by atoms with van der Waals surface area (Å²) in [5.74, 6) is -1.06. The normalized spacial score (nSPS) is 14.9. The Kier molecular flexibility index (Phi) is 40.2. The molecule has 362 valence electrons. The molecule has 4 atom stereocenters. The highest BCUT2D eigenvalue weighted by Gasteiger charge is 2.22. The van der Waals surface area contributed by atoms with Gasteiger partial charge in [-0.1, -0.05) is 197 Å². The number of nitrogens with zero attached hydrogens (tertiary/aromatic N) is 1. The van der Waals surface area contributed by atoms with Crippen molar-refractivity contribution in [1.29, 1.82) is 0 Å². The van der Waals surface area contributed by atoms with E-state index in [0.29, 0.717) is 36.7 Å². The lowest BCUT2D eigenvalue weighted by Crippen LogP contribution is -2.37. The number of esters is 2. The molecule has 0 heterocycles. The maximum Gasteiger partial charge on any atom is 0.306 e. The molecule has 0 saturated carbocycles. The van der Waals surface area contributed by atoms with E-state index in [9.17, 15) is 29.3 Å². The van der Waals surface area contributed by atoms with Gasteiger partial charge in [0.2, 0.25) is 0 Å². The molecular weight excluding hydrogens is 806 g/mol. The van der Waals surface area contributed by atoms with E-state index in [4.69, 9.17) is 18.5 Å². The van der Waals surface area contributed by atoms with Crippen molar-refractivity contribution in [3.63, 3.8) is 0 Å². The first-order chi connectivity index (χ1) is 29.8. The van der Waals surface area contributed by atoms with Gasteiger partial charge in [-0.15, -0.1) is 0 Å². The van der Waals surface area contributed by atoms with Gasteiger partial charge in [-0.2, -0.15) is 0 Å². The summed E-state index contributed by atoms with van der Waals surface area (Å²) in [4.78, 5) is 37.7. The maximum absolute atomic E-state index is 12.7. The summed E-state index contributed by atoms with van der Waals surface area (Å²) in [6, 6.07) is 0. The van der Waals surface area contributed by atoms with Crippen molar-refractivity contribution in [1.82, 2.24) is 0 Å². The smallest absolute Gasteiger partial charge is 0.306 e. The van der Waals surface area contributed by atoms with Gasteiger partial charge in [-0.3, -0.25) is 14.2 Å². The number of aliphatic hydroxyl groups is 2. The molecule has 62 heavy (non-hydrogen) atoms. The van der Waals surface area contributed by atoms with E-state index in [1.54, 1.807) is 18.2 Å². The van der Waals surface area contributed by atoms with Crippen LogP contribution in [0.25, 0.3) is 0 Å². The number of likely N-dealkylation sites (N-methyl/N-ethyl adjacent to an activating group) is 1. The number of phosphoric ester groups is 1. The van der Waals surface area contributed by atoms with Crippen molar-refractivity contribution >= 4 is 19.8 Å². The molecular formula is C50H92NO10P. The molecule has 11 nitrogen and oxygen atoms in total. The van der Waals surface area contributed by atoms with Gasteiger partial charge in [0, 0.05) is 12.8 Å². The van der Waals surface area contributed by atoms with E-state index in [2.05, 4.69) is 13.8 Å². The summed E-state index contributed by atoms with van der Waals surface area (Å²) in [6.45, 7) is 3.88. The van der Waals surface area contributed by atoms with E-state index >= 15 is 0 Å². The number of aliphatic hydroxyl groups excluding tert-OH is 2. The fourth-order valence-electron chi connectivity index (χ4n) is 6.63. The second-order valence-corrected chi connectivity index (χ2v) is 19.3. The van der Waals surface area contributed by atoms with Crippen molar-refractivity contribution in [2.75, 3.05) is 47.5 Å². The zero-order valence-electron chi connectivity index (χ0n) is 40.0. The average Bonchev–Trinajstić information content (AvgIpc) is 3.21. The van der Waals surface area contributed by atoms with Crippen LogP contribution in [0, 0.1) is 0 Å². The molecule has 12 heteroatoms. The predicted molar refractivity (Wildman–Crippen MR) is 252 cm³/mol. The molecule has 0 aromatic rings. The lowest BCUT2D eigenvalue weighted by atomic mass is 10.0. The minimum atomic E-state index is -4.69. The molecule has 0 aliphatic heterocycles. The number of unbranched alkanes of at least 4 members (excludes halogenated alkanes) is 20. The Hall–Kier alpha value is -2.11. The van der Waals surface area contributed by atoms with Crippen LogP contribution in [0.15, 0.2) is 48.6 Å². The van der Waals surface area contributed by atoms with Crippen LogP contribution >= 0.6 is 7.82 Å². The van der Waals surface area contributed by atoms with Crippen LogP contribution < -0.4 is 4.89 Å². The van der Waals surface area contributed by atoms with Crippen LogP contribution in [-0.4, -0.2) is 92.5 Å². The topological polar surface area (TPSA) is 152 Å². The Morgan fingerprint density at radius 1 is 0.581 bits per heavy atom. The Labute approximate surface area is 379 Å². The first-order valence-electron chi connectivity index (χ1n) is 24.6. The Morgan fingerprint density at radius 3 is 1.50 bits per heavy atom. The van der Waals surface area contributed by atoms with Gasteiger partial charge in [-0.05, 0) is 32.1 Å². The largest absolute Gasteiger partial charge is 0.756 e. The SMILES string of the molecule is CCCCCCCCCCCCCCCCCCCCCC(=O)OC[C@H](COP(=O)([O-])OCC[N+](C)(C)C)OC(=O)CCC[C@H](O)/C=C/C=C\C/C=C\C=C\[C@H](O)CCCCC. The Bertz CT molecular complexity index is 1230. The molecule has 0 aromatic heterocycles. The van der Waals surface area contributed by atoms with Crippen LogP contribution in [0.1, 0.15) is 194 Å². The van der Waals surface area contributed by atoms with Gasteiger partial charge >= 0.3 is 11.9 Å². The second kappa shape index (κ2) is 41.6. The molecule has 0 saturated heterocycles. The van der Waals surface area contributed by atoms with Crippen molar-refractivity contribution in [3.05, 3.63) is 48.6 Å². The molecule has 0 rings (SSSR count). The van der Waals surface area contributed by atoms with Crippen LogP contribution in [0.4, 0.5) is 0 Å². The summed E-state index contributed by atoms with van der Waals surface area (Å²) in [5, 5.41) is 20.3. The maximum atomic E-state index is 12.7. The summed E-state index contributed by atoms with van der Waals surface area (Å²) in [5.41, 5.74) is 0. The highest BCUT2D eigenvalue weighted by molar-refractivity contribution is 7.45. The molecule has 0 amide bonds. The molecule has 1 unspecified atom stereocenters. The lowest BCUT2D eigenvalue weighted by molar-refractivity contribution is -0.870. The average molecular weight is 898 g/mol. The molecule has 0 aliphatic rings. The number of hydrogen-bond acceptors (Lipinski definition) is 10. The quantitative estimate of drug-likeness (QED) is 0.0199. The number of rotatable bonds is 44. The van der Waals surface area contributed by atoms with Crippen LogP contribution in [0.5, 0.6) is 0 Å². The van der Waals surface area contributed by atoms with Gasteiger partial charge in [0.15, 0.2) is 6.10 Å². The van der Waals surface area contributed by atoms with Crippen LogP contribution in [0.2, 0.25) is 0 Å². The second-order valence-electron chi connectivity index (χ2n) is 17.9. The zero-order chi connectivity index (χ0) is 46.0.